The lowest BCUT2D eigenvalue weighted by Gasteiger charge is -2.23. The molecule has 0 saturated heterocycles. The first-order chi connectivity index (χ1) is 8.59. The van der Waals surface area contributed by atoms with Crippen LogP contribution in [-0.2, 0) is 11.3 Å². The highest BCUT2D eigenvalue weighted by molar-refractivity contribution is 9.10. The highest BCUT2D eigenvalue weighted by Crippen LogP contribution is 2.26. The van der Waals surface area contributed by atoms with E-state index in [1.807, 2.05) is 31.3 Å². The van der Waals surface area contributed by atoms with Gasteiger partial charge in [0.15, 0.2) is 0 Å². The molecule has 0 aliphatic heterocycles. The predicted octanol–water partition coefficient (Wildman–Crippen LogP) is 2.53. The summed E-state index contributed by atoms with van der Waals surface area (Å²) in [5.41, 5.74) is 7.11. The van der Waals surface area contributed by atoms with E-state index in [1.165, 1.54) is 0 Å². The molecule has 4 heteroatoms. The third-order valence-corrected chi connectivity index (χ3v) is 4.40. The number of carbonyl (C=O) groups is 1. The lowest BCUT2D eigenvalue weighted by atomic mass is 10.0. The van der Waals surface area contributed by atoms with Crippen LogP contribution in [0.2, 0.25) is 0 Å². The summed E-state index contributed by atoms with van der Waals surface area (Å²) in [4.78, 5) is 14.1. The van der Waals surface area contributed by atoms with Gasteiger partial charge in [-0.3, -0.25) is 4.79 Å². The number of rotatable bonds is 3. The first kappa shape index (κ1) is 13.6. The molecular formula is C14H19BrN2O. The largest absolute Gasteiger partial charge is 0.341 e. The lowest BCUT2D eigenvalue weighted by Crippen LogP contribution is -2.39. The van der Waals surface area contributed by atoms with E-state index in [0.29, 0.717) is 6.54 Å². The second-order valence-corrected chi connectivity index (χ2v) is 5.84. The molecular weight excluding hydrogens is 292 g/mol. The van der Waals surface area contributed by atoms with Crippen LogP contribution in [0.4, 0.5) is 0 Å². The summed E-state index contributed by atoms with van der Waals surface area (Å²) < 4.78 is 1.04. The summed E-state index contributed by atoms with van der Waals surface area (Å²) in [6.45, 7) is 0.628. The molecule has 1 amide bonds. The molecule has 0 spiro atoms. The van der Waals surface area contributed by atoms with Crippen LogP contribution in [0.3, 0.4) is 0 Å². The van der Waals surface area contributed by atoms with E-state index in [-0.39, 0.29) is 17.9 Å². The standard InChI is InChI=1S/C14H19BrN2O/c1-17(9-10-5-2-3-7-12(10)15)14(18)11-6-4-8-13(11)16/h2-3,5,7,11,13H,4,6,8-9,16H2,1H3/t11-,13+/m1/s1. The zero-order chi connectivity index (χ0) is 13.1. The molecule has 0 radical (unpaired) electrons. The van der Waals surface area contributed by atoms with Crippen LogP contribution in [0, 0.1) is 5.92 Å². The minimum absolute atomic E-state index is 0.0116. The van der Waals surface area contributed by atoms with Crippen LogP contribution in [0.5, 0.6) is 0 Å². The Morgan fingerprint density at radius 1 is 1.44 bits per heavy atom. The number of nitrogens with two attached hydrogens (primary N) is 1. The predicted molar refractivity (Wildman–Crippen MR) is 75.9 cm³/mol. The summed E-state index contributed by atoms with van der Waals surface area (Å²) in [5.74, 6) is 0.188. The molecule has 2 rings (SSSR count). The lowest BCUT2D eigenvalue weighted by molar-refractivity contribution is -0.134. The van der Waals surface area contributed by atoms with Crippen molar-refractivity contribution in [3.05, 3.63) is 34.3 Å². The van der Waals surface area contributed by atoms with Crippen LogP contribution >= 0.6 is 15.9 Å². The van der Waals surface area contributed by atoms with E-state index in [2.05, 4.69) is 15.9 Å². The summed E-state index contributed by atoms with van der Waals surface area (Å²) >= 11 is 3.51. The maximum absolute atomic E-state index is 12.3. The van der Waals surface area contributed by atoms with Crippen molar-refractivity contribution in [2.75, 3.05) is 7.05 Å². The van der Waals surface area contributed by atoms with Gasteiger partial charge in [0.2, 0.25) is 5.91 Å². The number of hydrogen-bond acceptors (Lipinski definition) is 2. The van der Waals surface area contributed by atoms with Crippen LogP contribution in [0.1, 0.15) is 24.8 Å². The van der Waals surface area contributed by atoms with Crippen LogP contribution in [-0.4, -0.2) is 23.9 Å². The summed E-state index contributed by atoms with van der Waals surface area (Å²) in [7, 11) is 1.85. The maximum atomic E-state index is 12.3. The van der Waals surface area contributed by atoms with Gasteiger partial charge in [0.1, 0.15) is 0 Å². The number of benzene rings is 1. The fraction of sp³-hybridized carbons (Fsp3) is 0.500. The Balaban J connectivity index is 2.01. The smallest absolute Gasteiger partial charge is 0.227 e. The Bertz CT molecular complexity index is 436. The molecule has 0 heterocycles. The molecule has 2 N–H and O–H groups in total. The van der Waals surface area contributed by atoms with E-state index in [9.17, 15) is 4.79 Å². The van der Waals surface area contributed by atoms with E-state index < -0.39 is 0 Å². The summed E-state index contributed by atoms with van der Waals surface area (Å²) in [5, 5.41) is 0. The van der Waals surface area contributed by atoms with Crippen LogP contribution in [0.25, 0.3) is 0 Å². The van der Waals surface area contributed by atoms with Crippen molar-refractivity contribution < 1.29 is 4.79 Å². The Morgan fingerprint density at radius 3 is 2.78 bits per heavy atom. The van der Waals surface area contributed by atoms with Gasteiger partial charge in [-0.15, -0.1) is 0 Å². The van der Waals surface area contributed by atoms with Gasteiger partial charge in [0.25, 0.3) is 0 Å². The molecule has 0 bridgehead atoms. The number of halogens is 1. The Kier molecular flexibility index (Phi) is 4.40. The van der Waals surface area contributed by atoms with Gasteiger partial charge in [-0.05, 0) is 24.5 Å². The van der Waals surface area contributed by atoms with Gasteiger partial charge in [-0.2, -0.15) is 0 Å². The van der Waals surface area contributed by atoms with Gasteiger partial charge < -0.3 is 10.6 Å². The molecule has 0 unspecified atom stereocenters. The average molecular weight is 311 g/mol. The monoisotopic (exact) mass is 310 g/mol. The molecule has 1 aromatic carbocycles. The van der Waals surface area contributed by atoms with E-state index >= 15 is 0 Å². The molecule has 1 saturated carbocycles. The van der Waals surface area contributed by atoms with E-state index in [1.54, 1.807) is 4.90 Å². The van der Waals surface area contributed by atoms with Crippen LogP contribution in [0.15, 0.2) is 28.7 Å². The van der Waals surface area contributed by atoms with Crippen LogP contribution < -0.4 is 5.73 Å². The van der Waals surface area contributed by atoms with Crippen molar-refractivity contribution >= 4 is 21.8 Å². The van der Waals surface area contributed by atoms with Crippen molar-refractivity contribution in [1.29, 1.82) is 0 Å². The van der Waals surface area contributed by atoms with Crippen molar-refractivity contribution in [3.8, 4) is 0 Å². The fourth-order valence-corrected chi connectivity index (χ4v) is 2.95. The fourth-order valence-electron chi connectivity index (χ4n) is 2.54. The number of nitrogens with zero attached hydrogens (tertiary/aromatic N) is 1. The maximum Gasteiger partial charge on any atom is 0.227 e. The topological polar surface area (TPSA) is 46.3 Å². The minimum atomic E-state index is 0.0116. The molecule has 0 aromatic heterocycles. The highest BCUT2D eigenvalue weighted by Gasteiger charge is 2.32. The first-order valence-electron chi connectivity index (χ1n) is 6.33. The molecule has 1 fully saturated rings. The SMILES string of the molecule is CN(Cc1ccccc1Br)C(=O)[C@@H]1CCC[C@@H]1N. The molecule has 1 aliphatic carbocycles. The van der Waals surface area contributed by atoms with Gasteiger partial charge in [0.05, 0.1) is 5.92 Å². The van der Waals surface area contributed by atoms with Gasteiger partial charge >= 0.3 is 0 Å². The Hall–Kier alpha value is -0.870. The van der Waals surface area contributed by atoms with Crippen molar-refractivity contribution in [1.82, 2.24) is 4.90 Å². The van der Waals surface area contributed by atoms with E-state index in [0.717, 1.165) is 29.3 Å². The molecule has 1 aromatic rings. The molecule has 98 valence electrons. The molecule has 18 heavy (non-hydrogen) atoms. The van der Waals surface area contributed by atoms with Gasteiger partial charge in [-0.25, -0.2) is 0 Å². The third kappa shape index (κ3) is 2.93. The van der Waals surface area contributed by atoms with Gasteiger partial charge in [0, 0.05) is 24.1 Å². The normalized spacial score (nSPS) is 23.1. The number of amides is 1. The zero-order valence-corrected chi connectivity index (χ0v) is 12.2. The van der Waals surface area contributed by atoms with Crippen molar-refractivity contribution in [3.63, 3.8) is 0 Å². The van der Waals surface area contributed by atoms with Crippen molar-refractivity contribution in [2.24, 2.45) is 11.7 Å². The van der Waals surface area contributed by atoms with Gasteiger partial charge in [-0.1, -0.05) is 40.5 Å². The minimum Gasteiger partial charge on any atom is -0.341 e. The number of hydrogen-bond donors (Lipinski definition) is 1. The van der Waals surface area contributed by atoms with Crippen molar-refractivity contribution in [2.45, 2.75) is 31.8 Å². The summed E-state index contributed by atoms with van der Waals surface area (Å²) in [6.07, 6.45) is 2.97. The molecule has 2 atom stereocenters. The highest BCUT2D eigenvalue weighted by atomic mass is 79.9. The summed E-state index contributed by atoms with van der Waals surface area (Å²) in [6, 6.07) is 8.03. The Labute approximate surface area is 116 Å². The molecule has 1 aliphatic rings. The second-order valence-electron chi connectivity index (χ2n) is 4.99. The second kappa shape index (κ2) is 5.85. The zero-order valence-electron chi connectivity index (χ0n) is 10.6. The molecule has 3 nitrogen and oxygen atoms in total. The quantitative estimate of drug-likeness (QED) is 0.932. The third-order valence-electron chi connectivity index (χ3n) is 3.63. The Morgan fingerprint density at radius 2 is 2.17 bits per heavy atom. The first-order valence-corrected chi connectivity index (χ1v) is 7.13. The van der Waals surface area contributed by atoms with E-state index in [4.69, 9.17) is 5.73 Å². The number of carbonyl (C=O) groups excluding carboxylic acids is 1. The average Bonchev–Trinajstić information content (AvgIpc) is 2.77.